The van der Waals surface area contributed by atoms with E-state index in [0.29, 0.717) is 28.3 Å². The zero-order valence-corrected chi connectivity index (χ0v) is 18.4. The molecule has 2 aromatic heterocycles. The van der Waals surface area contributed by atoms with Gasteiger partial charge in [0.2, 0.25) is 5.91 Å². The average molecular weight is 452 g/mol. The molecule has 30 heavy (non-hydrogen) atoms. The van der Waals surface area contributed by atoms with Gasteiger partial charge < -0.3 is 15.4 Å². The van der Waals surface area contributed by atoms with Crippen molar-refractivity contribution in [3.8, 4) is 0 Å². The number of carbonyl (C=O) groups is 3. The van der Waals surface area contributed by atoms with Crippen molar-refractivity contribution in [2.75, 3.05) is 17.2 Å². The maximum absolute atomic E-state index is 12.2. The van der Waals surface area contributed by atoms with Crippen LogP contribution in [-0.4, -0.2) is 40.5 Å². The van der Waals surface area contributed by atoms with E-state index in [2.05, 4.69) is 25.9 Å². The van der Waals surface area contributed by atoms with Gasteiger partial charge in [-0.25, -0.2) is 14.8 Å². The molecule has 0 aliphatic heterocycles. The highest BCUT2D eigenvalue weighted by Gasteiger charge is 2.17. The van der Waals surface area contributed by atoms with Crippen molar-refractivity contribution in [2.24, 2.45) is 0 Å². The fraction of sp³-hybridized carbons (Fsp3) is 0.526. The summed E-state index contributed by atoms with van der Waals surface area (Å²) in [6.07, 6.45) is 5.67. The van der Waals surface area contributed by atoms with Gasteiger partial charge in [-0.15, -0.1) is 22.7 Å². The van der Waals surface area contributed by atoms with Crippen LogP contribution in [0.4, 0.5) is 15.1 Å². The molecule has 0 spiro atoms. The number of carbonyl (C=O) groups excluding carboxylic acids is 3. The van der Waals surface area contributed by atoms with E-state index in [0.717, 1.165) is 25.7 Å². The number of nitrogens with zero attached hydrogens (tertiary/aromatic N) is 2. The third-order valence-electron chi connectivity index (χ3n) is 4.48. The summed E-state index contributed by atoms with van der Waals surface area (Å²) in [6.45, 7) is 2.06. The summed E-state index contributed by atoms with van der Waals surface area (Å²) in [6, 6.07) is -0.0415. The molecule has 3 amide bonds. The number of thiazole rings is 2. The highest BCUT2D eigenvalue weighted by Crippen LogP contribution is 2.20. The summed E-state index contributed by atoms with van der Waals surface area (Å²) in [7, 11) is 0. The number of amides is 3. The van der Waals surface area contributed by atoms with Gasteiger partial charge in [0.05, 0.1) is 30.8 Å². The summed E-state index contributed by atoms with van der Waals surface area (Å²) < 4.78 is 4.88. The van der Waals surface area contributed by atoms with Crippen LogP contribution in [0.2, 0.25) is 0 Å². The molecule has 0 radical (unpaired) electrons. The second kappa shape index (κ2) is 11.0. The van der Waals surface area contributed by atoms with Crippen LogP contribution in [0.25, 0.3) is 0 Å². The van der Waals surface area contributed by atoms with Crippen molar-refractivity contribution in [3.63, 3.8) is 0 Å². The first-order chi connectivity index (χ1) is 14.5. The number of urea groups is 1. The second-order valence-corrected chi connectivity index (χ2v) is 8.64. The van der Waals surface area contributed by atoms with Crippen LogP contribution in [0.15, 0.2) is 10.8 Å². The van der Waals surface area contributed by atoms with E-state index in [4.69, 9.17) is 4.74 Å². The summed E-state index contributed by atoms with van der Waals surface area (Å²) in [5.74, 6) is -0.619. The van der Waals surface area contributed by atoms with Crippen molar-refractivity contribution in [3.05, 3.63) is 22.1 Å². The minimum atomic E-state index is -0.351. The van der Waals surface area contributed by atoms with E-state index in [1.165, 1.54) is 29.1 Å². The molecule has 9 nitrogen and oxygen atoms in total. The molecule has 3 rings (SSSR count). The Balaban J connectivity index is 1.43. The van der Waals surface area contributed by atoms with E-state index in [1.807, 2.05) is 0 Å². The number of anilines is 2. The van der Waals surface area contributed by atoms with Gasteiger partial charge in [-0.3, -0.25) is 14.9 Å². The molecule has 0 atom stereocenters. The Labute approximate surface area is 182 Å². The third kappa shape index (κ3) is 7.06. The van der Waals surface area contributed by atoms with Crippen molar-refractivity contribution < 1.29 is 19.1 Å². The maximum atomic E-state index is 12.2. The smallest absolute Gasteiger partial charge is 0.321 e. The van der Waals surface area contributed by atoms with E-state index in [-0.39, 0.29) is 36.8 Å². The highest BCUT2D eigenvalue weighted by atomic mass is 32.1. The van der Waals surface area contributed by atoms with E-state index in [9.17, 15) is 14.4 Å². The van der Waals surface area contributed by atoms with Gasteiger partial charge in [-0.2, -0.15) is 0 Å². The van der Waals surface area contributed by atoms with Gasteiger partial charge in [0, 0.05) is 16.8 Å². The Morgan fingerprint density at radius 3 is 2.30 bits per heavy atom. The largest absolute Gasteiger partial charge is 0.466 e. The first-order valence-electron chi connectivity index (χ1n) is 9.93. The number of nitrogens with one attached hydrogen (secondary N) is 3. The first-order valence-corrected chi connectivity index (χ1v) is 11.7. The monoisotopic (exact) mass is 451 g/mol. The van der Waals surface area contributed by atoms with Gasteiger partial charge in [-0.1, -0.05) is 19.3 Å². The minimum Gasteiger partial charge on any atom is -0.466 e. The van der Waals surface area contributed by atoms with Crippen molar-refractivity contribution >= 4 is 50.8 Å². The van der Waals surface area contributed by atoms with Crippen molar-refractivity contribution in [2.45, 2.75) is 57.9 Å². The Hall–Kier alpha value is -2.53. The summed E-state index contributed by atoms with van der Waals surface area (Å²) in [5.41, 5.74) is 1.12. The van der Waals surface area contributed by atoms with E-state index < -0.39 is 0 Å². The molecular formula is C19H25N5O4S2. The molecule has 0 saturated heterocycles. The standard InChI is InChI=1S/C19H25N5O4S2/c1-2-28-16(26)9-14-11-29-18(22-14)23-15(25)8-13-10-30-19(21-13)24-17(27)20-12-6-4-3-5-7-12/h10-12H,2-9H2,1H3,(H,22,23,25)(H2,20,21,24,27). The number of aromatic nitrogens is 2. The van der Waals surface area contributed by atoms with Crippen LogP contribution < -0.4 is 16.0 Å². The normalized spacial score (nSPS) is 14.2. The van der Waals surface area contributed by atoms with E-state index in [1.54, 1.807) is 17.7 Å². The average Bonchev–Trinajstić information content (AvgIpc) is 3.31. The summed E-state index contributed by atoms with van der Waals surface area (Å²) >= 11 is 2.52. The Morgan fingerprint density at radius 2 is 1.63 bits per heavy atom. The molecular weight excluding hydrogens is 426 g/mol. The highest BCUT2D eigenvalue weighted by molar-refractivity contribution is 7.14. The summed E-state index contributed by atoms with van der Waals surface area (Å²) in [5, 5.41) is 12.7. The topological polar surface area (TPSA) is 122 Å². The zero-order valence-electron chi connectivity index (χ0n) is 16.7. The third-order valence-corrected chi connectivity index (χ3v) is 6.10. The molecule has 1 saturated carbocycles. The predicted octanol–water partition coefficient (Wildman–Crippen LogP) is 3.34. The molecule has 2 heterocycles. The van der Waals surface area contributed by atoms with Crippen LogP contribution in [0.1, 0.15) is 50.4 Å². The lowest BCUT2D eigenvalue weighted by molar-refractivity contribution is -0.142. The predicted molar refractivity (Wildman–Crippen MR) is 116 cm³/mol. The van der Waals surface area contributed by atoms with Crippen LogP contribution in [0, 0.1) is 0 Å². The number of hydrogen-bond donors (Lipinski definition) is 3. The fourth-order valence-electron chi connectivity index (χ4n) is 3.14. The molecule has 11 heteroatoms. The first kappa shape index (κ1) is 22.2. The van der Waals surface area contributed by atoms with Gasteiger partial charge >= 0.3 is 12.0 Å². The van der Waals surface area contributed by atoms with E-state index >= 15 is 0 Å². The number of ether oxygens (including phenoxy) is 1. The lowest BCUT2D eigenvalue weighted by Crippen LogP contribution is -2.39. The van der Waals surface area contributed by atoms with Crippen LogP contribution in [0.5, 0.6) is 0 Å². The van der Waals surface area contributed by atoms with Gasteiger partial charge in [0.25, 0.3) is 0 Å². The number of esters is 1. The van der Waals surface area contributed by atoms with Crippen molar-refractivity contribution in [1.29, 1.82) is 0 Å². The van der Waals surface area contributed by atoms with Crippen LogP contribution in [0.3, 0.4) is 0 Å². The molecule has 1 aliphatic carbocycles. The van der Waals surface area contributed by atoms with Crippen LogP contribution >= 0.6 is 22.7 Å². The number of hydrogen-bond acceptors (Lipinski definition) is 8. The summed E-state index contributed by atoms with van der Waals surface area (Å²) in [4.78, 5) is 44.3. The Morgan fingerprint density at radius 1 is 1.00 bits per heavy atom. The van der Waals surface area contributed by atoms with Gasteiger partial charge in [0.1, 0.15) is 0 Å². The lowest BCUT2D eigenvalue weighted by Gasteiger charge is -2.22. The molecule has 2 aromatic rings. The van der Waals surface area contributed by atoms with Gasteiger partial charge in [-0.05, 0) is 19.8 Å². The fourth-order valence-corrected chi connectivity index (χ4v) is 4.58. The Bertz CT molecular complexity index is 876. The second-order valence-electron chi connectivity index (χ2n) is 6.93. The van der Waals surface area contributed by atoms with Gasteiger partial charge in [0.15, 0.2) is 10.3 Å². The molecule has 162 valence electrons. The SMILES string of the molecule is CCOC(=O)Cc1csc(NC(=O)Cc2csc(NC(=O)NC3CCCCC3)n2)n1. The Kier molecular flexibility index (Phi) is 8.14. The number of rotatable bonds is 8. The van der Waals surface area contributed by atoms with Crippen molar-refractivity contribution in [1.82, 2.24) is 15.3 Å². The molecule has 0 unspecified atom stereocenters. The van der Waals surface area contributed by atoms with Crippen LogP contribution in [-0.2, 0) is 27.2 Å². The molecule has 1 aliphatic rings. The zero-order chi connectivity index (χ0) is 21.3. The quantitative estimate of drug-likeness (QED) is 0.529. The molecule has 0 aromatic carbocycles. The lowest BCUT2D eigenvalue weighted by atomic mass is 9.96. The molecule has 1 fully saturated rings. The molecule has 0 bridgehead atoms. The minimum absolute atomic E-state index is 0.0647. The molecule has 3 N–H and O–H groups in total. The maximum Gasteiger partial charge on any atom is 0.321 e.